The second-order valence-corrected chi connectivity index (χ2v) is 8.09. The predicted molar refractivity (Wildman–Crippen MR) is 125 cm³/mol. The third-order valence-electron chi connectivity index (χ3n) is 5.24. The number of ether oxygens (including phenoxy) is 3. The van der Waals surface area contributed by atoms with Crippen LogP contribution in [0.4, 0.5) is 0 Å². The molecule has 1 amide bonds. The third kappa shape index (κ3) is 5.54. The molecule has 0 saturated carbocycles. The van der Waals surface area contributed by atoms with Crippen LogP contribution in [0.3, 0.4) is 0 Å². The summed E-state index contributed by atoms with van der Waals surface area (Å²) < 4.78 is 16.4. The molecular formula is C26H31NO6. The molecule has 0 aliphatic carbocycles. The Morgan fingerprint density at radius 2 is 1.64 bits per heavy atom. The third-order valence-corrected chi connectivity index (χ3v) is 5.24. The van der Waals surface area contributed by atoms with Crippen molar-refractivity contribution in [3.05, 3.63) is 65.2 Å². The molecule has 1 atom stereocenters. The van der Waals surface area contributed by atoms with Crippen LogP contribution in [0.15, 0.2) is 54.1 Å². The number of likely N-dealkylation sites (tertiary alicyclic amines) is 1. The first-order valence-corrected chi connectivity index (χ1v) is 11.1. The molecule has 1 heterocycles. The second kappa shape index (κ2) is 11.0. The fraction of sp³-hybridized carbons (Fsp3) is 0.385. The normalized spacial score (nSPS) is 17.6. The van der Waals surface area contributed by atoms with Crippen molar-refractivity contribution in [2.24, 2.45) is 0 Å². The molecule has 33 heavy (non-hydrogen) atoms. The Morgan fingerprint density at radius 1 is 1.00 bits per heavy atom. The molecule has 0 aromatic heterocycles. The molecular weight excluding hydrogens is 422 g/mol. The molecule has 176 valence electrons. The van der Waals surface area contributed by atoms with Crippen molar-refractivity contribution in [1.82, 2.24) is 4.90 Å². The van der Waals surface area contributed by atoms with Crippen molar-refractivity contribution in [2.75, 3.05) is 26.9 Å². The van der Waals surface area contributed by atoms with Crippen molar-refractivity contribution in [3.8, 4) is 11.5 Å². The van der Waals surface area contributed by atoms with Crippen LogP contribution in [-0.4, -0.2) is 54.7 Å². The van der Waals surface area contributed by atoms with Gasteiger partial charge in [0.1, 0.15) is 17.3 Å². The van der Waals surface area contributed by atoms with Gasteiger partial charge >= 0.3 is 0 Å². The van der Waals surface area contributed by atoms with Gasteiger partial charge in [-0.1, -0.05) is 19.1 Å². The van der Waals surface area contributed by atoms with Crippen LogP contribution in [-0.2, 0) is 14.3 Å². The van der Waals surface area contributed by atoms with E-state index in [1.54, 1.807) is 36.4 Å². The first kappa shape index (κ1) is 24.3. The van der Waals surface area contributed by atoms with Gasteiger partial charge in [0.25, 0.3) is 11.7 Å². The molecule has 7 nitrogen and oxygen atoms in total. The summed E-state index contributed by atoms with van der Waals surface area (Å²) in [6, 6.07) is 13.3. The number of ketones is 1. The highest BCUT2D eigenvalue weighted by Gasteiger charge is 2.45. The number of carbonyl (C=O) groups excluding carboxylic acids is 2. The molecule has 1 N–H and O–H groups in total. The molecule has 0 spiro atoms. The summed E-state index contributed by atoms with van der Waals surface area (Å²) in [5.74, 6) is -0.245. The lowest BCUT2D eigenvalue weighted by molar-refractivity contribution is -0.140. The zero-order valence-electron chi connectivity index (χ0n) is 19.5. The maximum absolute atomic E-state index is 13.0. The molecule has 3 rings (SSSR count). The van der Waals surface area contributed by atoms with E-state index in [2.05, 4.69) is 0 Å². The number of benzene rings is 2. The van der Waals surface area contributed by atoms with Crippen LogP contribution in [0, 0.1) is 0 Å². The highest BCUT2D eigenvalue weighted by atomic mass is 16.5. The largest absolute Gasteiger partial charge is 0.507 e. The first-order chi connectivity index (χ1) is 15.9. The average Bonchev–Trinajstić information content (AvgIpc) is 3.06. The zero-order valence-corrected chi connectivity index (χ0v) is 19.5. The summed E-state index contributed by atoms with van der Waals surface area (Å²) in [5, 5.41) is 11.1. The number of nitrogens with zero attached hydrogens (tertiary/aromatic N) is 1. The van der Waals surface area contributed by atoms with Crippen molar-refractivity contribution < 1.29 is 28.9 Å². The first-order valence-electron chi connectivity index (χ1n) is 11.1. The van der Waals surface area contributed by atoms with Crippen LogP contribution >= 0.6 is 0 Å². The number of Topliss-reactive ketones (excluding diaryl/α,β-unsaturated/α-hetero) is 1. The lowest BCUT2D eigenvalue weighted by Gasteiger charge is -2.25. The Hall–Kier alpha value is -3.32. The number of hydrogen-bond donors (Lipinski definition) is 1. The van der Waals surface area contributed by atoms with E-state index in [4.69, 9.17) is 14.2 Å². The number of aliphatic hydroxyl groups is 1. The number of hydrogen-bond acceptors (Lipinski definition) is 6. The summed E-state index contributed by atoms with van der Waals surface area (Å²) >= 11 is 0. The molecule has 1 unspecified atom stereocenters. The SMILES string of the molecule is CCCOc1ccc(/C(O)=C2/C(=O)C(=O)N(CCOC)C2c2ccc(OC(C)C)cc2)cc1. The molecule has 1 fully saturated rings. The van der Waals surface area contributed by atoms with Gasteiger partial charge in [-0.15, -0.1) is 0 Å². The predicted octanol–water partition coefficient (Wildman–Crippen LogP) is 4.33. The highest BCUT2D eigenvalue weighted by Crippen LogP contribution is 2.39. The maximum Gasteiger partial charge on any atom is 0.295 e. The molecule has 7 heteroatoms. The van der Waals surface area contributed by atoms with E-state index in [-0.39, 0.29) is 30.6 Å². The van der Waals surface area contributed by atoms with Gasteiger partial charge in [-0.2, -0.15) is 0 Å². The van der Waals surface area contributed by atoms with Crippen LogP contribution in [0.2, 0.25) is 0 Å². The molecule has 2 aromatic rings. The fourth-order valence-corrected chi connectivity index (χ4v) is 3.73. The van der Waals surface area contributed by atoms with E-state index in [0.717, 1.165) is 6.42 Å². The number of aliphatic hydroxyl groups excluding tert-OH is 1. The van der Waals surface area contributed by atoms with Crippen LogP contribution in [0.5, 0.6) is 11.5 Å². The fourth-order valence-electron chi connectivity index (χ4n) is 3.73. The van der Waals surface area contributed by atoms with Gasteiger partial charge in [-0.05, 0) is 62.2 Å². The lowest BCUT2D eigenvalue weighted by atomic mass is 9.95. The highest BCUT2D eigenvalue weighted by molar-refractivity contribution is 6.46. The van der Waals surface area contributed by atoms with E-state index >= 15 is 0 Å². The van der Waals surface area contributed by atoms with Crippen LogP contribution in [0.1, 0.15) is 44.4 Å². The Kier molecular flexibility index (Phi) is 8.11. The number of amides is 1. The monoisotopic (exact) mass is 453 g/mol. The molecule has 0 radical (unpaired) electrons. The summed E-state index contributed by atoms with van der Waals surface area (Å²) in [4.78, 5) is 27.3. The van der Waals surface area contributed by atoms with Crippen molar-refractivity contribution in [3.63, 3.8) is 0 Å². The smallest absolute Gasteiger partial charge is 0.295 e. The van der Waals surface area contributed by atoms with Gasteiger partial charge in [0.05, 0.1) is 30.9 Å². The quantitative estimate of drug-likeness (QED) is 0.327. The van der Waals surface area contributed by atoms with E-state index in [0.29, 0.717) is 29.2 Å². The van der Waals surface area contributed by atoms with Crippen LogP contribution in [0.25, 0.3) is 5.76 Å². The van der Waals surface area contributed by atoms with Gasteiger partial charge in [-0.25, -0.2) is 0 Å². The van der Waals surface area contributed by atoms with Gasteiger partial charge < -0.3 is 24.2 Å². The minimum absolute atomic E-state index is 0.0208. The lowest BCUT2D eigenvalue weighted by Crippen LogP contribution is -2.32. The van der Waals surface area contributed by atoms with Gasteiger partial charge in [-0.3, -0.25) is 9.59 Å². The Morgan fingerprint density at radius 3 is 2.21 bits per heavy atom. The van der Waals surface area contributed by atoms with Crippen molar-refractivity contribution in [1.29, 1.82) is 0 Å². The Labute approximate surface area is 194 Å². The summed E-state index contributed by atoms with van der Waals surface area (Å²) in [7, 11) is 1.53. The molecule has 1 saturated heterocycles. The number of methoxy groups -OCH3 is 1. The average molecular weight is 454 g/mol. The maximum atomic E-state index is 13.0. The summed E-state index contributed by atoms with van der Waals surface area (Å²) in [6.07, 6.45) is 0.903. The Balaban J connectivity index is 2.02. The van der Waals surface area contributed by atoms with E-state index in [1.807, 2.05) is 32.9 Å². The van der Waals surface area contributed by atoms with E-state index in [1.165, 1.54) is 12.0 Å². The standard InChI is InChI=1S/C26H31NO6/c1-5-15-32-20-10-8-19(9-11-20)24(28)22-23(27(14-16-31-4)26(30)25(22)29)18-6-12-21(13-7-18)33-17(2)3/h6-13,17,23,28H,5,14-16H2,1-4H3/b24-22-. The van der Waals surface area contributed by atoms with Gasteiger partial charge in [0.2, 0.25) is 0 Å². The topological polar surface area (TPSA) is 85.3 Å². The second-order valence-electron chi connectivity index (χ2n) is 8.09. The minimum atomic E-state index is -0.732. The minimum Gasteiger partial charge on any atom is -0.507 e. The van der Waals surface area contributed by atoms with Gasteiger partial charge in [0, 0.05) is 19.2 Å². The van der Waals surface area contributed by atoms with Crippen molar-refractivity contribution in [2.45, 2.75) is 39.3 Å². The van der Waals surface area contributed by atoms with Crippen LogP contribution < -0.4 is 9.47 Å². The zero-order chi connectivity index (χ0) is 24.0. The molecule has 2 aromatic carbocycles. The molecule has 1 aliphatic heterocycles. The van der Waals surface area contributed by atoms with Crippen molar-refractivity contribution >= 4 is 17.4 Å². The Bertz CT molecular complexity index is 994. The summed E-state index contributed by atoms with van der Waals surface area (Å²) in [6.45, 7) is 6.97. The molecule has 0 bridgehead atoms. The van der Waals surface area contributed by atoms with E-state index in [9.17, 15) is 14.7 Å². The number of carbonyl (C=O) groups is 2. The summed E-state index contributed by atoms with van der Waals surface area (Å²) in [5.41, 5.74) is 1.19. The van der Waals surface area contributed by atoms with Gasteiger partial charge in [0.15, 0.2) is 0 Å². The van der Waals surface area contributed by atoms with E-state index < -0.39 is 17.7 Å². The number of rotatable bonds is 10. The molecule has 1 aliphatic rings.